The molecule has 3 aromatic rings. The molecule has 0 fully saturated rings. The number of fused-ring (bicyclic) bond motifs is 1. The predicted octanol–water partition coefficient (Wildman–Crippen LogP) is 3.36. The molecule has 0 saturated carbocycles. The molecule has 1 atom stereocenters. The van der Waals surface area contributed by atoms with Crippen LogP contribution in [-0.2, 0) is 6.42 Å². The van der Waals surface area contributed by atoms with E-state index in [0.29, 0.717) is 24.5 Å². The smallest absolute Gasteiger partial charge is 0.184 e. The molecular weight excluding hydrogens is 338 g/mol. The second-order valence-electron chi connectivity index (χ2n) is 6.66. The number of ether oxygens (including phenoxy) is 1. The number of hydrogen-bond donors (Lipinski definition) is 1. The van der Waals surface area contributed by atoms with Gasteiger partial charge in [-0.15, -0.1) is 0 Å². The minimum Gasteiger partial charge on any atom is -0.492 e. The van der Waals surface area contributed by atoms with E-state index >= 15 is 0 Å². The maximum Gasteiger partial charge on any atom is 0.184 e. The van der Waals surface area contributed by atoms with Crippen LogP contribution >= 0.6 is 0 Å². The van der Waals surface area contributed by atoms with Crippen LogP contribution in [0, 0.1) is 0 Å². The summed E-state index contributed by atoms with van der Waals surface area (Å²) in [6, 6.07) is 19.4. The summed E-state index contributed by atoms with van der Waals surface area (Å²) in [4.78, 5) is 18.5. The van der Waals surface area contributed by atoms with Crippen molar-refractivity contribution in [3.63, 3.8) is 0 Å². The van der Waals surface area contributed by atoms with Gasteiger partial charge >= 0.3 is 0 Å². The van der Waals surface area contributed by atoms with E-state index in [-0.39, 0.29) is 11.8 Å². The lowest BCUT2D eigenvalue weighted by molar-refractivity contribution is 0.101. The van der Waals surface area contributed by atoms with Crippen LogP contribution in [0.2, 0.25) is 0 Å². The fourth-order valence-electron chi connectivity index (χ4n) is 3.30. The molecule has 0 aliphatic carbocycles. The Morgan fingerprint density at radius 2 is 1.96 bits per heavy atom. The molecule has 1 aliphatic rings. The lowest BCUT2D eigenvalue weighted by atomic mass is 10.1. The van der Waals surface area contributed by atoms with Crippen molar-refractivity contribution < 1.29 is 9.53 Å². The predicted molar refractivity (Wildman–Crippen MR) is 106 cm³/mol. The molecule has 2 N–H and O–H groups in total. The van der Waals surface area contributed by atoms with Crippen molar-refractivity contribution in [2.45, 2.75) is 12.5 Å². The molecule has 0 radical (unpaired) electrons. The molecule has 1 aromatic heterocycles. The van der Waals surface area contributed by atoms with E-state index in [2.05, 4.69) is 17.1 Å². The molecule has 0 unspecified atom stereocenters. The topological polar surface area (TPSA) is 68.5 Å². The molecule has 0 spiro atoms. The van der Waals surface area contributed by atoms with Gasteiger partial charge in [0.1, 0.15) is 12.4 Å². The summed E-state index contributed by atoms with van der Waals surface area (Å²) in [6.45, 7) is 0.714. The summed E-state index contributed by atoms with van der Waals surface area (Å²) in [6.07, 6.45) is 4.23. The first-order valence-corrected chi connectivity index (χ1v) is 8.98. The van der Waals surface area contributed by atoms with E-state index < -0.39 is 0 Å². The standard InChI is InChI=1S/C22H21N3O2/c23-17(11-16-5-2-1-3-6-16)15-27-19-8-9-21-20(12-19)22(26)14-25(21)18-7-4-10-24-13-18/h1-10,12-13,17H,11,14-15,23H2/t17-/m0/s1. The molecule has 5 nitrogen and oxygen atoms in total. The molecular formula is C22H21N3O2. The summed E-state index contributed by atoms with van der Waals surface area (Å²) in [5.41, 5.74) is 9.83. The third-order valence-corrected chi connectivity index (χ3v) is 4.62. The summed E-state index contributed by atoms with van der Waals surface area (Å²) in [5.74, 6) is 0.742. The van der Waals surface area contributed by atoms with Crippen LogP contribution in [0.15, 0.2) is 73.1 Å². The summed E-state index contributed by atoms with van der Waals surface area (Å²) >= 11 is 0. The number of carbonyl (C=O) groups excluding carboxylic acids is 1. The third kappa shape index (κ3) is 3.83. The summed E-state index contributed by atoms with van der Waals surface area (Å²) < 4.78 is 5.85. The first-order valence-electron chi connectivity index (χ1n) is 8.98. The highest BCUT2D eigenvalue weighted by Crippen LogP contribution is 2.36. The Balaban J connectivity index is 1.44. The fourth-order valence-corrected chi connectivity index (χ4v) is 3.30. The van der Waals surface area contributed by atoms with Gasteiger partial charge in [-0.3, -0.25) is 9.78 Å². The average Bonchev–Trinajstić information content (AvgIpc) is 3.04. The van der Waals surface area contributed by atoms with Gasteiger partial charge < -0.3 is 15.4 Å². The second-order valence-corrected chi connectivity index (χ2v) is 6.66. The maximum atomic E-state index is 12.4. The van der Waals surface area contributed by atoms with Gasteiger partial charge in [-0.1, -0.05) is 30.3 Å². The molecule has 2 aromatic carbocycles. The van der Waals surface area contributed by atoms with Crippen LogP contribution in [0.5, 0.6) is 5.75 Å². The number of nitrogens with two attached hydrogens (primary N) is 1. The quantitative estimate of drug-likeness (QED) is 0.731. The third-order valence-electron chi connectivity index (χ3n) is 4.62. The van der Waals surface area contributed by atoms with Gasteiger partial charge in [0, 0.05) is 17.8 Å². The SMILES string of the molecule is N[C@H](COc1ccc2c(c1)C(=O)CN2c1cccnc1)Cc1ccccc1. The van der Waals surface area contributed by atoms with Crippen LogP contribution in [0.3, 0.4) is 0 Å². The number of benzene rings is 2. The van der Waals surface area contributed by atoms with Crippen molar-refractivity contribution >= 4 is 17.2 Å². The molecule has 2 heterocycles. The number of pyridine rings is 1. The highest BCUT2D eigenvalue weighted by molar-refractivity contribution is 6.10. The van der Waals surface area contributed by atoms with Crippen molar-refractivity contribution in [3.8, 4) is 5.75 Å². The zero-order valence-electron chi connectivity index (χ0n) is 14.9. The van der Waals surface area contributed by atoms with E-state index in [1.807, 2.05) is 53.4 Å². The highest BCUT2D eigenvalue weighted by Gasteiger charge is 2.28. The molecule has 1 aliphatic heterocycles. The van der Waals surface area contributed by atoms with E-state index in [1.54, 1.807) is 12.4 Å². The Morgan fingerprint density at radius 1 is 1.11 bits per heavy atom. The Kier molecular flexibility index (Phi) is 4.85. The van der Waals surface area contributed by atoms with Crippen molar-refractivity contribution in [2.24, 2.45) is 5.73 Å². The number of nitrogens with zero attached hydrogens (tertiary/aromatic N) is 2. The zero-order chi connectivity index (χ0) is 18.6. The van der Waals surface area contributed by atoms with E-state index in [9.17, 15) is 4.79 Å². The second kappa shape index (κ2) is 7.60. The highest BCUT2D eigenvalue weighted by atomic mass is 16.5. The monoisotopic (exact) mass is 359 g/mol. The van der Waals surface area contributed by atoms with Crippen molar-refractivity contribution in [1.29, 1.82) is 0 Å². The first-order chi connectivity index (χ1) is 13.2. The largest absolute Gasteiger partial charge is 0.492 e. The van der Waals surface area contributed by atoms with E-state index in [4.69, 9.17) is 10.5 Å². The van der Waals surface area contributed by atoms with E-state index in [0.717, 1.165) is 17.8 Å². The summed E-state index contributed by atoms with van der Waals surface area (Å²) in [5, 5.41) is 0. The van der Waals surface area contributed by atoms with Gasteiger partial charge in [0.25, 0.3) is 0 Å². The lowest BCUT2D eigenvalue weighted by Crippen LogP contribution is -2.30. The molecule has 0 bridgehead atoms. The van der Waals surface area contributed by atoms with Gasteiger partial charge in [-0.25, -0.2) is 0 Å². The molecule has 27 heavy (non-hydrogen) atoms. The Labute approximate surface area is 158 Å². The fraction of sp³-hybridized carbons (Fsp3) is 0.182. The van der Waals surface area contributed by atoms with Crippen molar-refractivity contribution in [2.75, 3.05) is 18.1 Å². The van der Waals surface area contributed by atoms with Gasteiger partial charge in [0.05, 0.1) is 24.1 Å². The van der Waals surface area contributed by atoms with Crippen molar-refractivity contribution in [3.05, 3.63) is 84.2 Å². The molecule has 0 amide bonds. The Morgan fingerprint density at radius 3 is 2.74 bits per heavy atom. The number of aromatic nitrogens is 1. The molecule has 5 heteroatoms. The molecule has 0 saturated heterocycles. The van der Waals surface area contributed by atoms with Gasteiger partial charge in [0.2, 0.25) is 0 Å². The number of hydrogen-bond acceptors (Lipinski definition) is 5. The normalized spacial score (nSPS) is 14.1. The number of rotatable bonds is 6. The minimum absolute atomic E-state index is 0.0767. The van der Waals surface area contributed by atoms with Crippen LogP contribution in [-0.4, -0.2) is 30.0 Å². The van der Waals surface area contributed by atoms with Gasteiger partial charge in [-0.05, 0) is 42.3 Å². The van der Waals surface area contributed by atoms with Gasteiger partial charge in [0.15, 0.2) is 5.78 Å². The molecule has 4 rings (SSSR count). The Hall–Kier alpha value is -3.18. The zero-order valence-corrected chi connectivity index (χ0v) is 14.9. The van der Waals surface area contributed by atoms with Crippen molar-refractivity contribution in [1.82, 2.24) is 4.98 Å². The van der Waals surface area contributed by atoms with Crippen LogP contribution < -0.4 is 15.4 Å². The lowest BCUT2D eigenvalue weighted by Gasteiger charge is -2.18. The minimum atomic E-state index is -0.108. The van der Waals surface area contributed by atoms with Crippen LogP contribution in [0.1, 0.15) is 15.9 Å². The number of carbonyl (C=O) groups is 1. The summed E-state index contributed by atoms with van der Waals surface area (Å²) in [7, 11) is 0. The maximum absolute atomic E-state index is 12.4. The van der Waals surface area contributed by atoms with Crippen LogP contribution in [0.4, 0.5) is 11.4 Å². The Bertz CT molecular complexity index is 929. The first kappa shape index (κ1) is 17.2. The number of anilines is 2. The van der Waals surface area contributed by atoms with Crippen LogP contribution in [0.25, 0.3) is 0 Å². The van der Waals surface area contributed by atoms with Gasteiger partial charge in [-0.2, -0.15) is 0 Å². The number of ketones is 1. The number of Topliss-reactive ketones (excluding diaryl/α,β-unsaturated/α-hetero) is 1. The molecule has 136 valence electrons. The van der Waals surface area contributed by atoms with E-state index in [1.165, 1.54) is 5.56 Å². The average molecular weight is 359 g/mol.